The largest absolute Gasteiger partial charge is 0.326 e. The molecule has 1 aromatic carbocycles. The van der Waals surface area contributed by atoms with Crippen LogP contribution in [0.25, 0.3) is 0 Å². The molecule has 3 N–H and O–H groups in total. The second-order valence-corrected chi connectivity index (χ2v) is 10.9. The lowest BCUT2D eigenvalue weighted by Crippen LogP contribution is -2.31. The van der Waals surface area contributed by atoms with Crippen LogP contribution in [0.2, 0.25) is 0 Å². The first-order chi connectivity index (χ1) is 14.7. The zero-order valence-corrected chi connectivity index (χ0v) is 21.3. The van der Waals surface area contributed by atoms with Gasteiger partial charge in [-0.3, -0.25) is 4.55 Å². The molecule has 31 heavy (non-hydrogen) atoms. The third-order valence-electron chi connectivity index (χ3n) is 5.47. The fourth-order valence-electron chi connectivity index (χ4n) is 3.54. The summed E-state index contributed by atoms with van der Waals surface area (Å²) in [7, 11) is -4.00. The number of hydrogen-bond donors (Lipinski definition) is 2. The highest BCUT2D eigenvalue weighted by atomic mass is 32.2. The van der Waals surface area contributed by atoms with E-state index in [4.69, 9.17) is 10.3 Å². The van der Waals surface area contributed by atoms with Gasteiger partial charge >= 0.3 is 0 Å². The summed E-state index contributed by atoms with van der Waals surface area (Å²) >= 11 is 0. The van der Waals surface area contributed by atoms with Gasteiger partial charge in [0.05, 0.1) is 4.90 Å². The Morgan fingerprint density at radius 1 is 0.710 bits per heavy atom. The normalized spacial score (nSPS) is 11.8. The lowest BCUT2D eigenvalue weighted by molar-refractivity contribution is 0.440. The molecule has 182 valence electrons. The van der Waals surface area contributed by atoms with E-state index >= 15 is 0 Å². The number of rotatable bonds is 17. The van der Waals surface area contributed by atoms with E-state index in [1.807, 2.05) is 0 Å². The van der Waals surface area contributed by atoms with Crippen LogP contribution < -0.4 is 5.73 Å². The molecule has 0 amide bonds. The smallest absolute Gasteiger partial charge is 0.294 e. The molecule has 0 aliphatic carbocycles. The summed E-state index contributed by atoms with van der Waals surface area (Å²) in [4.78, 5) is -0.0741. The Kier molecular flexibility index (Phi) is 18.1. The maximum atomic E-state index is 10.4. The minimum atomic E-state index is -4.00. The van der Waals surface area contributed by atoms with Crippen LogP contribution in [0.15, 0.2) is 35.2 Å². The Balaban J connectivity index is 0.000000743. The molecule has 0 bridgehead atoms. The molecule has 5 heteroatoms. The Bertz CT molecular complexity index is 609. The van der Waals surface area contributed by atoms with Gasteiger partial charge in [0.25, 0.3) is 10.1 Å². The standard InChI is InChI=1S/C20H43N.C6H6O3S/c1-4-5-6-7-8-9-10-11-12-13-14-15-16-17-18-19-20(2,3)21;7-10(8,9)6-4-2-1-3-5-6/h4-19,21H2,1-3H3;1-5H,(H,7,8,9). The quantitative estimate of drug-likeness (QED) is 0.185. The molecule has 0 fully saturated rings. The highest BCUT2D eigenvalue weighted by molar-refractivity contribution is 7.85. The number of unbranched alkanes of at least 4 members (excludes halogenated alkanes) is 14. The zero-order valence-electron chi connectivity index (χ0n) is 20.4. The van der Waals surface area contributed by atoms with Crippen LogP contribution >= 0.6 is 0 Å². The third-order valence-corrected chi connectivity index (χ3v) is 6.33. The highest BCUT2D eigenvalue weighted by Crippen LogP contribution is 2.15. The molecule has 0 radical (unpaired) electrons. The molecule has 0 saturated carbocycles. The van der Waals surface area contributed by atoms with Gasteiger partial charge in [0, 0.05) is 5.54 Å². The van der Waals surface area contributed by atoms with E-state index in [-0.39, 0.29) is 10.4 Å². The van der Waals surface area contributed by atoms with Crippen LogP contribution in [0.5, 0.6) is 0 Å². The van der Waals surface area contributed by atoms with Crippen LogP contribution in [-0.4, -0.2) is 18.5 Å². The van der Waals surface area contributed by atoms with Gasteiger partial charge in [0.2, 0.25) is 0 Å². The van der Waals surface area contributed by atoms with E-state index in [0.717, 1.165) is 0 Å². The van der Waals surface area contributed by atoms with Crippen molar-refractivity contribution in [1.29, 1.82) is 0 Å². The summed E-state index contributed by atoms with van der Waals surface area (Å²) in [6.45, 7) is 6.56. The first-order valence-electron chi connectivity index (χ1n) is 12.5. The summed E-state index contributed by atoms with van der Waals surface area (Å²) in [5.41, 5.74) is 6.03. The maximum Gasteiger partial charge on any atom is 0.294 e. The lowest BCUT2D eigenvalue weighted by atomic mass is 9.97. The first-order valence-corrected chi connectivity index (χ1v) is 13.9. The zero-order chi connectivity index (χ0) is 23.4. The number of hydrogen-bond acceptors (Lipinski definition) is 3. The van der Waals surface area contributed by atoms with Crippen molar-refractivity contribution in [1.82, 2.24) is 0 Å². The molecule has 0 heterocycles. The highest BCUT2D eigenvalue weighted by Gasteiger charge is 2.08. The van der Waals surface area contributed by atoms with Crippen molar-refractivity contribution in [2.45, 2.75) is 134 Å². The van der Waals surface area contributed by atoms with E-state index in [0.29, 0.717) is 0 Å². The molecule has 4 nitrogen and oxygen atoms in total. The first kappa shape index (κ1) is 30.1. The van der Waals surface area contributed by atoms with Crippen molar-refractivity contribution in [3.8, 4) is 0 Å². The van der Waals surface area contributed by atoms with Gasteiger partial charge in [-0.05, 0) is 32.4 Å². The van der Waals surface area contributed by atoms with Gasteiger partial charge in [0.15, 0.2) is 0 Å². The summed E-state index contributed by atoms with van der Waals surface area (Å²) in [6.07, 6.45) is 22.7. The lowest BCUT2D eigenvalue weighted by Gasteiger charge is -2.17. The second kappa shape index (κ2) is 18.6. The van der Waals surface area contributed by atoms with Gasteiger partial charge in [-0.15, -0.1) is 0 Å². The Morgan fingerprint density at radius 2 is 1.06 bits per heavy atom. The Morgan fingerprint density at radius 3 is 1.35 bits per heavy atom. The third kappa shape index (κ3) is 22.1. The minimum absolute atomic E-state index is 0.0382. The van der Waals surface area contributed by atoms with E-state index in [1.165, 1.54) is 115 Å². The fourth-order valence-corrected chi connectivity index (χ4v) is 4.05. The molecule has 1 aromatic rings. The van der Waals surface area contributed by atoms with E-state index in [2.05, 4.69) is 20.8 Å². The van der Waals surface area contributed by atoms with Crippen molar-refractivity contribution in [3.63, 3.8) is 0 Å². The Labute approximate surface area is 193 Å². The van der Waals surface area contributed by atoms with Gasteiger partial charge in [0.1, 0.15) is 0 Å². The number of benzene rings is 1. The molecule has 0 unspecified atom stereocenters. The molecular weight excluding hydrogens is 406 g/mol. The topological polar surface area (TPSA) is 80.4 Å². The van der Waals surface area contributed by atoms with Gasteiger partial charge in [-0.1, -0.05) is 121 Å². The average molecular weight is 456 g/mol. The second-order valence-electron chi connectivity index (χ2n) is 9.48. The molecule has 1 rings (SSSR count). The van der Waals surface area contributed by atoms with Crippen LogP contribution in [0, 0.1) is 0 Å². The van der Waals surface area contributed by atoms with Crippen molar-refractivity contribution < 1.29 is 13.0 Å². The molecule has 0 aromatic heterocycles. The molecule has 0 saturated heterocycles. The van der Waals surface area contributed by atoms with Crippen molar-refractivity contribution in [2.75, 3.05) is 0 Å². The van der Waals surface area contributed by atoms with Crippen molar-refractivity contribution in [2.24, 2.45) is 5.73 Å². The SMILES string of the molecule is CCCCCCCCCCCCCCCCCC(C)(C)N.O=S(=O)(O)c1ccccc1. The van der Waals surface area contributed by atoms with Gasteiger partial charge < -0.3 is 5.73 Å². The maximum absolute atomic E-state index is 10.4. The predicted molar refractivity (Wildman–Crippen MR) is 134 cm³/mol. The van der Waals surface area contributed by atoms with Crippen LogP contribution in [0.3, 0.4) is 0 Å². The van der Waals surface area contributed by atoms with Crippen LogP contribution in [-0.2, 0) is 10.1 Å². The van der Waals surface area contributed by atoms with Crippen molar-refractivity contribution >= 4 is 10.1 Å². The summed E-state index contributed by atoms with van der Waals surface area (Å²) < 4.78 is 29.2. The van der Waals surface area contributed by atoms with Gasteiger partial charge in [-0.2, -0.15) is 8.42 Å². The molecular formula is C26H49NO3S. The molecule has 0 aliphatic heterocycles. The van der Waals surface area contributed by atoms with E-state index in [9.17, 15) is 8.42 Å². The summed E-state index contributed by atoms with van der Waals surface area (Å²) in [5.74, 6) is 0. The van der Waals surface area contributed by atoms with Crippen LogP contribution in [0.4, 0.5) is 0 Å². The molecule has 0 aliphatic rings. The van der Waals surface area contributed by atoms with Crippen molar-refractivity contribution in [3.05, 3.63) is 30.3 Å². The minimum Gasteiger partial charge on any atom is -0.326 e. The Hall–Kier alpha value is -0.910. The molecule has 0 atom stereocenters. The van der Waals surface area contributed by atoms with E-state index in [1.54, 1.807) is 18.2 Å². The van der Waals surface area contributed by atoms with E-state index < -0.39 is 10.1 Å². The van der Waals surface area contributed by atoms with Gasteiger partial charge in [-0.25, -0.2) is 0 Å². The summed E-state index contributed by atoms with van der Waals surface area (Å²) in [6, 6.07) is 7.42. The molecule has 0 spiro atoms. The monoisotopic (exact) mass is 455 g/mol. The predicted octanol–water partition coefficient (Wildman–Crippen LogP) is 7.92. The average Bonchev–Trinajstić information content (AvgIpc) is 2.70. The summed E-state index contributed by atoms with van der Waals surface area (Å²) in [5, 5.41) is 0. The number of nitrogens with two attached hydrogens (primary N) is 1. The van der Waals surface area contributed by atoms with Crippen LogP contribution in [0.1, 0.15) is 124 Å². The fraction of sp³-hybridized carbons (Fsp3) is 0.769.